The molecular weight excluding hydrogens is 813 g/mol. The van der Waals surface area contributed by atoms with Crippen LogP contribution in [0.2, 0.25) is 0 Å². The molecule has 0 radical (unpaired) electrons. The van der Waals surface area contributed by atoms with Gasteiger partial charge >= 0.3 is 11.9 Å². The molecular formula is C55H78N4O6. The van der Waals surface area contributed by atoms with Crippen molar-refractivity contribution in [3.8, 4) is 0 Å². The van der Waals surface area contributed by atoms with E-state index in [9.17, 15) is 19.8 Å². The van der Waals surface area contributed by atoms with Crippen LogP contribution in [0.4, 0.5) is 0 Å². The highest BCUT2D eigenvalue weighted by molar-refractivity contribution is 5.96. The number of ether oxygens (including phenoxy) is 2. The van der Waals surface area contributed by atoms with E-state index in [-0.39, 0.29) is 41.7 Å². The number of nitrogens with one attached hydrogen (secondary N) is 2. The number of nitrogens with zero attached hydrogens (tertiary/aromatic N) is 2. The molecule has 0 spiro atoms. The maximum Gasteiger partial charge on any atom is 0.321 e. The van der Waals surface area contributed by atoms with Crippen molar-refractivity contribution in [2.24, 2.45) is 23.7 Å². The maximum absolute atomic E-state index is 13.7. The van der Waals surface area contributed by atoms with E-state index < -0.39 is 11.9 Å². The predicted octanol–water partition coefficient (Wildman–Crippen LogP) is 12.4. The van der Waals surface area contributed by atoms with Crippen molar-refractivity contribution in [1.29, 1.82) is 0 Å². The molecule has 6 rings (SSSR count). The summed E-state index contributed by atoms with van der Waals surface area (Å²) in [5, 5.41) is 24.2. The molecule has 10 heteroatoms. The molecule has 3 aliphatic rings. The quantitative estimate of drug-likeness (QED) is 0.0869. The van der Waals surface area contributed by atoms with Gasteiger partial charge in [-0.3, -0.25) is 19.6 Å². The van der Waals surface area contributed by atoms with Crippen LogP contribution in [0, 0.1) is 37.5 Å². The van der Waals surface area contributed by atoms with Crippen LogP contribution in [0.3, 0.4) is 0 Å². The molecule has 0 saturated carbocycles. The Bertz CT molecular complexity index is 2540. The zero-order chi connectivity index (χ0) is 47.3. The number of aryl methyl sites for hydroxylation is 2. The number of rotatable bonds is 19. The minimum absolute atomic E-state index is 0.0127. The smallest absolute Gasteiger partial charge is 0.321 e. The molecule has 3 aromatic rings. The zero-order valence-electron chi connectivity index (χ0n) is 41.5. The monoisotopic (exact) mass is 891 g/mol. The molecule has 0 amide bonds. The molecule has 1 aliphatic carbocycles. The molecule has 10 nitrogen and oxygen atoms in total. The summed E-state index contributed by atoms with van der Waals surface area (Å²) < 4.78 is 11.2. The van der Waals surface area contributed by atoms with Crippen molar-refractivity contribution in [3.63, 3.8) is 0 Å². The summed E-state index contributed by atoms with van der Waals surface area (Å²) in [6.45, 7) is 23.9. The van der Waals surface area contributed by atoms with Crippen LogP contribution in [0.15, 0.2) is 24.3 Å². The van der Waals surface area contributed by atoms with Crippen molar-refractivity contribution < 1.29 is 29.3 Å². The summed E-state index contributed by atoms with van der Waals surface area (Å²) in [4.78, 5) is 44.7. The SMILES string of the molecule is C/C=C1/c2cc3[nH]c4c(c5nc(cc6[nH]c(cc(n2)[C@@H]1C)c(=C(C)O)c6C)[C@@H](C)[C@@H]5CCC(=O)OCCC(C)CCC[C@H](C)CCC[C@H](C)CCCC(C)C)[C@@H](C(=O)OC)C(O)=c4c3C. The summed E-state index contributed by atoms with van der Waals surface area (Å²) in [7, 11) is 1.33. The lowest BCUT2D eigenvalue weighted by molar-refractivity contribution is -0.144. The number of aliphatic hydroxyl groups is 2. The van der Waals surface area contributed by atoms with E-state index in [0.717, 1.165) is 80.9 Å². The minimum Gasteiger partial charge on any atom is -0.512 e. The molecule has 5 heterocycles. The number of hydrogen-bond acceptors (Lipinski definition) is 8. The second-order valence-corrected chi connectivity index (χ2v) is 20.4. The summed E-state index contributed by atoms with van der Waals surface area (Å²) in [5.41, 5.74) is 9.22. The lowest BCUT2D eigenvalue weighted by Gasteiger charge is -2.19. The Labute approximate surface area is 387 Å². The number of methoxy groups -OCH3 is 1. The van der Waals surface area contributed by atoms with Gasteiger partial charge in [-0.25, -0.2) is 0 Å². The largest absolute Gasteiger partial charge is 0.512 e. The van der Waals surface area contributed by atoms with Crippen LogP contribution < -0.4 is 10.4 Å². The van der Waals surface area contributed by atoms with Gasteiger partial charge < -0.3 is 29.7 Å². The number of carbonyl (C=O) groups excluding carboxylic acids is 2. The number of fused-ring (bicyclic) bond motifs is 8. The minimum atomic E-state index is -1.09. The third-order valence-electron chi connectivity index (χ3n) is 14.9. The Kier molecular flexibility index (Phi) is 16.5. The van der Waals surface area contributed by atoms with E-state index in [0.29, 0.717) is 46.2 Å². The van der Waals surface area contributed by atoms with Gasteiger partial charge in [0.15, 0.2) is 0 Å². The number of hydrogen-bond donors (Lipinski definition) is 4. The number of esters is 2. The molecule has 0 saturated heterocycles. The van der Waals surface area contributed by atoms with Gasteiger partial charge in [-0.1, -0.05) is 112 Å². The molecule has 0 fully saturated rings. The Morgan fingerprint density at radius 3 is 2.02 bits per heavy atom. The highest BCUT2D eigenvalue weighted by Gasteiger charge is 2.41. The van der Waals surface area contributed by atoms with E-state index in [1.807, 2.05) is 39.0 Å². The molecule has 3 aromatic heterocycles. The van der Waals surface area contributed by atoms with Gasteiger partial charge in [-0.15, -0.1) is 0 Å². The first kappa shape index (κ1) is 49.6. The van der Waals surface area contributed by atoms with Gasteiger partial charge in [0.2, 0.25) is 0 Å². The molecule has 2 aliphatic heterocycles. The Hall–Kier alpha value is -4.86. The van der Waals surface area contributed by atoms with E-state index in [4.69, 9.17) is 19.4 Å². The summed E-state index contributed by atoms with van der Waals surface area (Å²) in [6, 6.07) is 6.02. The number of H-pyrrole nitrogens is 2. The third kappa shape index (κ3) is 11.1. The standard InChI is InChI=1S/C55H78N4O6/c1-13-39-34(7)41-29-46-48(38(11)60)36(9)43(57-46)27-42-35(8)40(52(58-42)50-51(55(63)64-12)54(62)49-37(10)44(59-53(49)50)28-45(39)56-41)23-24-47(61)65-26-25-33(6)22-16-21-32(5)20-15-19-31(4)18-14-17-30(2)3/h13,27-35,40,51,57,59-60,62H,14-26H2,1-12H3/b39-13+,42-27?,45-28?,46-29?,48-38?/t31-,32-,33?,34-,35+,40+,51-/m1/s1. The van der Waals surface area contributed by atoms with Crippen molar-refractivity contribution in [2.45, 2.75) is 177 Å². The van der Waals surface area contributed by atoms with E-state index >= 15 is 0 Å². The van der Waals surface area contributed by atoms with E-state index in [1.54, 1.807) is 6.92 Å². The predicted molar refractivity (Wildman–Crippen MR) is 264 cm³/mol. The van der Waals surface area contributed by atoms with Crippen LogP contribution in [-0.2, 0) is 19.1 Å². The Balaban J connectivity index is 1.23. The van der Waals surface area contributed by atoms with Gasteiger partial charge in [-0.2, -0.15) is 0 Å². The number of aromatic nitrogens is 4. The zero-order valence-corrected chi connectivity index (χ0v) is 41.5. The second kappa shape index (κ2) is 21.6. The fourth-order valence-corrected chi connectivity index (χ4v) is 10.7. The van der Waals surface area contributed by atoms with Gasteiger partial charge in [0.1, 0.15) is 11.7 Å². The first-order chi connectivity index (χ1) is 30.9. The Morgan fingerprint density at radius 1 is 0.815 bits per heavy atom. The Morgan fingerprint density at radius 2 is 1.42 bits per heavy atom. The van der Waals surface area contributed by atoms with Crippen LogP contribution in [-0.4, -0.2) is 55.8 Å². The van der Waals surface area contributed by atoms with Gasteiger partial charge in [0, 0.05) is 56.9 Å². The van der Waals surface area contributed by atoms with Gasteiger partial charge in [0.25, 0.3) is 0 Å². The first-order valence-electron chi connectivity index (χ1n) is 24.7. The molecule has 354 valence electrons. The average Bonchev–Trinajstić information content (AvgIpc) is 4.00. The fourth-order valence-electron chi connectivity index (χ4n) is 10.7. The van der Waals surface area contributed by atoms with Crippen LogP contribution >= 0.6 is 0 Å². The highest BCUT2D eigenvalue weighted by Crippen LogP contribution is 2.46. The summed E-state index contributed by atoms with van der Waals surface area (Å²) >= 11 is 0. The molecule has 8 bridgehead atoms. The number of aliphatic hydroxyl groups excluding tert-OH is 2. The molecule has 1 unspecified atom stereocenters. The van der Waals surface area contributed by atoms with Crippen molar-refractivity contribution in [1.82, 2.24) is 19.9 Å². The van der Waals surface area contributed by atoms with E-state index in [1.165, 1.54) is 58.5 Å². The van der Waals surface area contributed by atoms with Crippen molar-refractivity contribution in [3.05, 3.63) is 74.2 Å². The molecule has 65 heavy (non-hydrogen) atoms. The number of carbonyl (C=O) groups is 2. The normalized spacial score (nSPS) is 20.6. The average molecular weight is 891 g/mol. The van der Waals surface area contributed by atoms with Gasteiger partial charge in [0.05, 0.1) is 47.6 Å². The summed E-state index contributed by atoms with van der Waals surface area (Å²) in [6.07, 6.45) is 15.1. The maximum atomic E-state index is 13.7. The third-order valence-corrected chi connectivity index (χ3v) is 14.9. The highest BCUT2D eigenvalue weighted by atomic mass is 16.5. The fraction of sp³-hybridized carbons (Fsp3) is 0.600. The second-order valence-electron chi connectivity index (χ2n) is 20.4. The van der Waals surface area contributed by atoms with Crippen LogP contribution in [0.5, 0.6) is 0 Å². The van der Waals surface area contributed by atoms with Crippen molar-refractivity contribution >= 4 is 51.1 Å². The van der Waals surface area contributed by atoms with Gasteiger partial charge in [-0.05, 0) is 99.1 Å². The van der Waals surface area contributed by atoms with Crippen molar-refractivity contribution in [2.75, 3.05) is 13.7 Å². The molecule has 7 atom stereocenters. The summed E-state index contributed by atoms with van der Waals surface area (Å²) in [5.74, 6) is 0.549. The van der Waals surface area contributed by atoms with Crippen LogP contribution in [0.25, 0.3) is 39.2 Å². The van der Waals surface area contributed by atoms with E-state index in [2.05, 4.69) is 64.5 Å². The molecule has 4 N–H and O–H groups in total. The number of allylic oxidation sites excluding steroid dienone is 2. The lowest BCUT2D eigenvalue weighted by atomic mass is 9.84. The topological polar surface area (TPSA) is 150 Å². The van der Waals surface area contributed by atoms with Crippen LogP contribution in [0.1, 0.15) is 203 Å². The first-order valence-corrected chi connectivity index (χ1v) is 24.7. The number of aromatic amines is 2. The molecule has 0 aromatic carbocycles. The lowest BCUT2D eigenvalue weighted by Crippen LogP contribution is -2.18.